The molecule has 2 fully saturated rings. The SMILES string of the molecule is COC1(c2ccc3cc(C(=O)C4CC4C4CCC4)ccc3c2)CCn2cncc21. The summed E-state index contributed by atoms with van der Waals surface area (Å²) < 4.78 is 8.23. The van der Waals surface area contributed by atoms with Gasteiger partial charge in [0, 0.05) is 31.6 Å². The van der Waals surface area contributed by atoms with Crippen molar-refractivity contribution < 1.29 is 9.53 Å². The summed E-state index contributed by atoms with van der Waals surface area (Å²) in [5.41, 5.74) is 2.70. The molecule has 0 saturated heterocycles. The highest BCUT2D eigenvalue weighted by Crippen LogP contribution is 2.53. The van der Waals surface area contributed by atoms with E-state index >= 15 is 0 Å². The number of carbonyl (C=O) groups is 1. The minimum atomic E-state index is -0.441. The number of aromatic nitrogens is 2. The molecular weight excluding hydrogens is 360 g/mol. The van der Waals surface area contributed by atoms with Crippen LogP contribution in [-0.2, 0) is 16.9 Å². The van der Waals surface area contributed by atoms with Crippen LogP contribution in [0.4, 0.5) is 0 Å². The molecule has 4 heteroatoms. The lowest BCUT2D eigenvalue weighted by Crippen LogP contribution is -2.27. The van der Waals surface area contributed by atoms with Crippen LogP contribution < -0.4 is 0 Å². The Bertz CT molecular complexity index is 1110. The summed E-state index contributed by atoms with van der Waals surface area (Å²) in [6.07, 6.45) is 9.81. The molecule has 2 aliphatic carbocycles. The first-order valence-electron chi connectivity index (χ1n) is 10.8. The Labute approximate surface area is 170 Å². The molecule has 3 unspecified atom stereocenters. The summed E-state index contributed by atoms with van der Waals surface area (Å²) in [6.45, 7) is 0.915. The van der Waals surface area contributed by atoms with E-state index in [9.17, 15) is 4.79 Å². The molecule has 1 aromatic heterocycles. The zero-order valence-electron chi connectivity index (χ0n) is 16.8. The van der Waals surface area contributed by atoms with Gasteiger partial charge in [-0.3, -0.25) is 4.79 Å². The number of Topliss-reactive ketones (excluding diaryl/α,β-unsaturated/α-hetero) is 1. The predicted octanol–water partition coefficient (Wildman–Crippen LogP) is 4.95. The minimum Gasteiger partial charge on any atom is -0.367 e. The van der Waals surface area contributed by atoms with Gasteiger partial charge in [0.05, 0.1) is 18.2 Å². The van der Waals surface area contributed by atoms with Gasteiger partial charge in [-0.25, -0.2) is 4.98 Å². The molecule has 0 spiro atoms. The molecule has 1 aliphatic heterocycles. The number of rotatable bonds is 5. The topological polar surface area (TPSA) is 44.1 Å². The van der Waals surface area contributed by atoms with Crippen molar-refractivity contribution in [2.75, 3.05) is 7.11 Å². The number of benzene rings is 2. The smallest absolute Gasteiger partial charge is 0.166 e. The largest absolute Gasteiger partial charge is 0.367 e. The van der Waals surface area contributed by atoms with Gasteiger partial charge in [-0.15, -0.1) is 0 Å². The van der Waals surface area contributed by atoms with Gasteiger partial charge in [-0.1, -0.05) is 43.5 Å². The normalized spacial score (nSPS) is 28.3. The molecule has 29 heavy (non-hydrogen) atoms. The molecule has 0 amide bonds. The molecular formula is C25H26N2O2. The van der Waals surface area contributed by atoms with Gasteiger partial charge in [0.2, 0.25) is 0 Å². The fourth-order valence-electron chi connectivity index (χ4n) is 5.63. The Kier molecular flexibility index (Phi) is 3.76. The van der Waals surface area contributed by atoms with Crippen molar-refractivity contribution in [1.82, 2.24) is 9.55 Å². The lowest BCUT2D eigenvalue weighted by atomic mass is 9.80. The maximum absolute atomic E-state index is 13.0. The maximum atomic E-state index is 13.0. The van der Waals surface area contributed by atoms with E-state index in [1.807, 2.05) is 18.6 Å². The van der Waals surface area contributed by atoms with Crippen LogP contribution in [0, 0.1) is 17.8 Å². The van der Waals surface area contributed by atoms with Crippen molar-refractivity contribution in [2.24, 2.45) is 17.8 Å². The average Bonchev–Trinajstić information content (AvgIpc) is 3.17. The highest BCUT2D eigenvalue weighted by molar-refractivity contribution is 6.02. The summed E-state index contributed by atoms with van der Waals surface area (Å²) in [7, 11) is 1.78. The molecule has 3 aliphatic rings. The van der Waals surface area contributed by atoms with Crippen LogP contribution in [0.1, 0.15) is 53.7 Å². The van der Waals surface area contributed by atoms with Crippen LogP contribution >= 0.6 is 0 Å². The van der Waals surface area contributed by atoms with E-state index in [2.05, 4.69) is 39.9 Å². The van der Waals surface area contributed by atoms with Crippen molar-refractivity contribution in [3.63, 3.8) is 0 Å². The predicted molar refractivity (Wildman–Crippen MR) is 112 cm³/mol. The molecule has 3 atom stereocenters. The van der Waals surface area contributed by atoms with E-state index in [1.54, 1.807) is 7.11 Å². The van der Waals surface area contributed by atoms with Gasteiger partial charge >= 0.3 is 0 Å². The van der Waals surface area contributed by atoms with Gasteiger partial charge < -0.3 is 9.30 Å². The van der Waals surface area contributed by atoms with Gasteiger partial charge in [-0.2, -0.15) is 0 Å². The number of imidazole rings is 1. The van der Waals surface area contributed by atoms with E-state index in [1.165, 1.54) is 19.3 Å². The first kappa shape index (κ1) is 17.4. The highest BCUT2D eigenvalue weighted by atomic mass is 16.5. The van der Waals surface area contributed by atoms with Crippen molar-refractivity contribution in [3.05, 3.63) is 65.7 Å². The first-order chi connectivity index (χ1) is 14.2. The van der Waals surface area contributed by atoms with Crippen molar-refractivity contribution >= 4 is 16.6 Å². The Hall–Kier alpha value is -2.46. The number of ketones is 1. The Balaban J connectivity index is 1.31. The number of ether oxygens (including phenoxy) is 1. The molecule has 0 radical (unpaired) electrons. The third-order valence-electron chi connectivity index (χ3n) is 7.70. The lowest BCUT2D eigenvalue weighted by molar-refractivity contribution is 0.0235. The van der Waals surface area contributed by atoms with Crippen LogP contribution in [0.3, 0.4) is 0 Å². The minimum absolute atomic E-state index is 0.271. The summed E-state index contributed by atoms with van der Waals surface area (Å²) >= 11 is 0. The molecule has 2 heterocycles. The van der Waals surface area contributed by atoms with Crippen LogP contribution in [0.5, 0.6) is 0 Å². The quantitative estimate of drug-likeness (QED) is 0.583. The molecule has 0 N–H and O–H groups in total. The summed E-state index contributed by atoms with van der Waals surface area (Å²) in [5, 5.41) is 2.28. The number of hydrogen-bond acceptors (Lipinski definition) is 3. The van der Waals surface area contributed by atoms with E-state index in [-0.39, 0.29) is 5.92 Å². The average molecular weight is 386 g/mol. The maximum Gasteiger partial charge on any atom is 0.166 e. The summed E-state index contributed by atoms with van der Waals surface area (Å²) in [6, 6.07) is 12.7. The van der Waals surface area contributed by atoms with Gasteiger partial charge in [-0.05, 0) is 46.7 Å². The zero-order valence-corrected chi connectivity index (χ0v) is 16.8. The first-order valence-corrected chi connectivity index (χ1v) is 10.8. The molecule has 6 rings (SSSR count). The Morgan fingerprint density at radius 2 is 2.00 bits per heavy atom. The number of hydrogen-bond donors (Lipinski definition) is 0. The Morgan fingerprint density at radius 1 is 1.17 bits per heavy atom. The fraction of sp³-hybridized carbons (Fsp3) is 0.440. The second-order valence-electron chi connectivity index (χ2n) is 9.09. The number of aryl methyl sites for hydroxylation is 1. The van der Waals surface area contributed by atoms with Gasteiger partial charge in [0.25, 0.3) is 0 Å². The Morgan fingerprint density at radius 3 is 2.79 bits per heavy atom. The standard InChI is InChI=1S/C25H26N2O2/c1-29-25(9-10-27-15-26-14-23(25)27)20-8-7-17-11-19(6-5-18(17)12-20)24(28)22-13-21(22)16-3-2-4-16/h5-8,11-12,14-16,21-22H,2-4,9-10,13H2,1H3. The third-order valence-corrected chi connectivity index (χ3v) is 7.70. The second-order valence-corrected chi connectivity index (χ2v) is 9.09. The van der Waals surface area contributed by atoms with Crippen molar-refractivity contribution in [2.45, 2.75) is 44.2 Å². The molecule has 2 aromatic carbocycles. The number of nitrogens with zero attached hydrogens (tertiary/aromatic N) is 2. The van der Waals surface area contributed by atoms with Crippen LogP contribution in [0.15, 0.2) is 48.9 Å². The third kappa shape index (κ3) is 2.55. The monoisotopic (exact) mass is 386 g/mol. The molecule has 4 nitrogen and oxygen atoms in total. The summed E-state index contributed by atoms with van der Waals surface area (Å²) in [4.78, 5) is 17.3. The van der Waals surface area contributed by atoms with Crippen molar-refractivity contribution in [3.8, 4) is 0 Å². The number of methoxy groups -OCH3 is 1. The molecule has 3 aromatic rings. The molecule has 0 bridgehead atoms. The number of fused-ring (bicyclic) bond motifs is 2. The van der Waals surface area contributed by atoms with Crippen molar-refractivity contribution in [1.29, 1.82) is 0 Å². The zero-order chi connectivity index (χ0) is 19.6. The highest BCUT2D eigenvalue weighted by Gasteiger charge is 2.48. The lowest BCUT2D eigenvalue weighted by Gasteiger charge is -2.28. The summed E-state index contributed by atoms with van der Waals surface area (Å²) in [5.74, 6) is 2.09. The van der Waals surface area contributed by atoms with Crippen LogP contribution in [-0.4, -0.2) is 22.4 Å². The fourth-order valence-corrected chi connectivity index (χ4v) is 5.63. The number of carbonyl (C=O) groups excluding carboxylic acids is 1. The van der Waals surface area contributed by atoms with E-state index < -0.39 is 5.60 Å². The molecule has 148 valence electrons. The van der Waals surface area contributed by atoms with Gasteiger partial charge in [0.15, 0.2) is 5.78 Å². The molecule has 2 saturated carbocycles. The van der Waals surface area contributed by atoms with E-state index in [4.69, 9.17) is 4.74 Å². The van der Waals surface area contributed by atoms with E-state index in [0.717, 1.165) is 52.9 Å². The van der Waals surface area contributed by atoms with Gasteiger partial charge in [0.1, 0.15) is 5.60 Å². The van der Waals surface area contributed by atoms with Crippen LogP contribution in [0.25, 0.3) is 10.8 Å². The van der Waals surface area contributed by atoms with Crippen LogP contribution in [0.2, 0.25) is 0 Å². The second kappa shape index (κ2) is 6.27. The van der Waals surface area contributed by atoms with E-state index in [0.29, 0.717) is 11.7 Å².